The van der Waals surface area contributed by atoms with E-state index in [2.05, 4.69) is 5.32 Å². The van der Waals surface area contributed by atoms with Gasteiger partial charge in [-0.2, -0.15) is 0 Å². The molecule has 7 nitrogen and oxygen atoms in total. The summed E-state index contributed by atoms with van der Waals surface area (Å²) in [6.45, 7) is 6.94. The third-order valence-corrected chi connectivity index (χ3v) is 5.58. The van der Waals surface area contributed by atoms with Crippen LogP contribution in [0.2, 0.25) is 0 Å². The molecule has 2 atom stereocenters. The summed E-state index contributed by atoms with van der Waals surface area (Å²) in [7, 11) is 1.55. The Labute approximate surface area is 188 Å². The van der Waals surface area contributed by atoms with Crippen LogP contribution in [0.3, 0.4) is 0 Å². The SMILES string of the molecule is COc1cc(/C=C2\C(=O)Nc3ccc(C)cc32)ccc1OCC(=O)N1CC(C)OC(C)C1. The first-order valence-electron chi connectivity index (χ1n) is 10.7. The molecule has 1 N–H and O–H groups in total. The Kier molecular flexibility index (Phi) is 6.19. The van der Waals surface area contributed by atoms with Gasteiger partial charge in [0.15, 0.2) is 18.1 Å². The van der Waals surface area contributed by atoms with E-state index in [1.807, 2.05) is 51.1 Å². The first kappa shape index (κ1) is 21.9. The van der Waals surface area contributed by atoms with Crippen molar-refractivity contribution >= 4 is 29.2 Å². The maximum absolute atomic E-state index is 12.6. The molecule has 2 heterocycles. The van der Waals surface area contributed by atoms with E-state index in [1.165, 1.54) is 0 Å². The number of morpholine rings is 1. The number of carbonyl (C=O) groups is 2. The molecule has 2 aromatic rings. The van der Waals surface area contributed by atoms with E-state index in [0.717, 1.165) is 22.4 Å². The first-order valence-corrected chi connectivity index (χ1v) is 10.7. The number of nitrogens with one attached hydrogen (secondary N) is 1. The number of hydrogen-bond acceptors (Lipinski definition) is 5. The summed E-state index contributed by atoms with van der Waals surface area (Å²) in [4.78, 5) is 26.8. The number of hydrogen-bond donors (Lipinski definition) is 1. The van der Waals surface area contributed by atoms with Gasteiger partial charge in [-0.15, -0.1) is 0 Å². The third kappa shape index (κ3) is 4.62. The second-order valence-electron chi connectivity index (χ2n) is 8.32. The fourth-order valence-electron chi connectivity index (χ4n) is 4.12. The highest BCUT2D eigenvalue weighted by Crippen LogP contribution is 2.35. The van der Waals surface area contributed by atoms with Gasteiger partial charge in [-0.25, -0.2) is 0 Å². The van der Waals surface area contributed by atoms with Crippen molar-refractivity contribution in [2.45, 2.75) is 33.0 Å². The molecule has 0 bridgehead atoms. The zero-order valence-corrected chi connectivity index (χ0v) is 18.8. The summed E-state index contributed by atoms with van der Waals surface area (Å²) in [5.41, 5.74) is 4.18. The van der Waals surface area contributed by atoms with Crippen molar-refractivity contribution in [2.24, 2.45) is 0 Å². The molecule has 0 aromatic heterocycles. The molecule has 0 spiro atoms. The molecule has 168 valence electrons. The number of amides is 2. The highest BCUT2D eigenvalue weighted by atomic mass is 16.5. The molecule has 32 heavy (non-hydrogen) atoms. The van der Waals surface area contributed by atoms with Crippen molar-refractivity contribution in [3.05, 3.63) is 53.1 Å². The van der Waals surface area contributed by atoms with Crippen LogP contribution >= 0.6 is 0 Å². The predicted octanol–water partition coefficient (Wildman–Crippen LogP) is 3.51. The van der Waals surface area contributed by atoms with Crippen molar-refractivity contribution in [3.63, 3.8) is 0 Å². The highest BCUT2D eigenvalue weighted by Gasteiger charge is 2.26. The van der Waals surface area contributed by atoms with Crippen LogP contribution in [0, 0.1) is 6.92 Å². The summed E-state index contributed by atoms with van der Waals surface area (Å²) < 4.78 is 16.9. The van der Waals surface area contributed by atoms with Gasteiger partial charge in [-0.05, 0) is 56.7 Å². The molecule has 7 heteroatoms. The maximum atomic E-state index is 12.6. The number of fused-ring (bicyclic) bond motifs is 1. The fraction of sp³-hybridized carbons (Fsp3) is 0.360. The van der Waals surface area contributed by atoms with Crippen LogP contribution in [0.1, 0.15) is 30.5 Å². The van der Waals surface area contributed by atoms with Crippen LogP contribution < -0.4 is 14.8 Å². The van der Waals surface area contributed by atoms with Gasteiger partial charge in [-0.3, -0.25) is 9.59 Å². The molecule has 0 radical (unpaired) electrons. The van der Waals surface area contributed by atoms with Crippen LogP contribution in [0.4, 0.5) is 5.69 Å². The molecule has 2 amide bonds. The average molecular weight is 437 g/mol. The molecule has 2 aromatic carbocycles. The van der Waals surface area contributed by atoms with E-state index in [-0.39, 0.29) is 30.6 Å². The quantitative estimate of drug-likeness (QED) is 0.726. The van der Waals surface area contributed by atoms with Gasteiger partial charge < -0.3 is 24.4 Å². The van der Waals surface area contributed by atoms with Gasteiger partial charge in [0.05, 0.1) is 19.3 Å². The Hall–Kier alpha value is -3.32. The van der Waals surface area contributed by atoms with Crippen molar-refractivity contribution in [2.75, 3.05) is 32.1 Å². The molecular weight excluding hydrogens is 408 g/mol. The number of aryl methyl sites for hydroxylation is 1. The van der Waals surface area contributed by atoms with E-state index >= 15 is 0 Å². The van der Waals surface area contributed by atoms with E-state index in [0.29, 0.717) is 30.2 Å². The third-order valence-electron chi connectivity index (χ3n) is 5.58. The molecule has 2 aliphatic heterocycles. The van der Waals surface area contributed by atoms with E-state index in [1.54, 1.807) is 24.1 Å². The lowest BCUT2D eigenvalue weighted by atomic mass is 10.0. The number of anilines is 1. The van der Waals surface area contributed by atoms with E-state index < -0.39 is 0 Å². The van der Waals surface area contributed by atoms with Gasteiger partial charge in [0.2, 0.25) is 0 Å². The summed E-state index contributed by atoms with van der Waals surface area (Å²) in [5, 5.41) is 2.89. The second kappa shape index (κ2) is 9.04. The number of benzene rings is 2. The molecular formula is C25H28N2O5. The monoisotopic (exact) mass is 436 g/mol. The second-order valence-corrected chi connectivity index (χ2v) is 8.32. The fourth-order valence-corrected chi connectivity index (χ4v) is 4.12. The number of methoxy groups -OCH3 is 1. The smallest absolute Gasteiger partial charge is 0.260 e. The minimum atomic E-state index is -0.135. The van der Waals surface area contributed by atoms with Gasteiger partial charge in [0, 0.05) is 29.9 Å². The van der Waals surface area contributed by atoms with Crippen LogP contribution in [-0.4, -0.2) is 55.7 Å². The lowest BCUT2D eigenvalue weighted by molar-refractivity contribution is -0.145. The van der Waals surface area contributed by atoms with Crippen molar-refractivity contribution in [3.8, 4) is 11.5 Å². The molecule has 0 saturated carbocycles. The first-order chi connectivity index (χ1) is 15.3. The Balaban J connectivity index is 1.49. The summed E-state index contributed by atoms with van der Waals surface area (Å²) in [6.07, 6.45) is 1.84. The van der Waals surface area contributed by atoms with Crippen LogP contribution in [0.25, 0.3) is 11.6 Å². The van der Waals surface area contributed by atoms with Crippen molar-refractivity contribution in [1.29, 1.82) is 0 Å². The standard InChI is InChI=1S/C25H28N2O5/c1-15-5-7-21-19(9-15)20(25(29)26-21)10-18-6-8-22(23(11-18)30-4)31-14-24(28)27-12-16(2)32-17(3)13-27/h5-11,16-17H,12-14H2,1-4H3,(H,26,29)/b20-10-. The zero-order chi connectivity index (χ0) is 22.8. The normalized spacial score (nSPS) is 21.3. The van der Waals surface area contributed by atoms with Crippen LogP contribution in [0.5, 0.6) is 11.5 Å². The number of nitrogens with zero attached hydrogens (tertiary/aromatic N) is 1. The minimum Gasteiger partial charge on any atom is -0.493 e. The Morgan fingerprint density at radius 2 is 1.91 bits per heavy atom. The van der Waals surface area contributed by atoms with Gasteiger partial charge in [-0.1, -0.05) is 17.7 Å². The van der Waals surface area contributed by atoms with Crippen molar-refractivity contribution in [1.82, 2.24) is 4.90 Å². The largest absolute Gasteiger partial charge is 0.493 e. The van der Waals surface area contributed by atoms with Gasteiger partial charge >= 0.3 is 0 Å². The zero-order valence-electron chi connectivity index (χ0n) is 18.8. The average Bonchev–Trinajstić information content (AvgIpc) is 3.06. The molecule has 0 aliphatic carbocycles. The number of carbonyl (C=O) groups excluding carboxylic acids is 2. The van der Waals surface area contributed by atoms with E-state index in [9.17, 15) is 9.59 Å². The van der Waals surface area contributed by atoms with Crippen molar-refractivity contribution < 1.29 is 23.8 Å². The minimum absolute atomic E-state index is 0.00580. The van der Waals surface area contributed by atoms with Gasteiger partial charge in [0.25, 0.3) is 11.8 Å². The topological polar surface area (TPSA) is 77.1 Å². The molecule has 1 saturated heterocycles. The van der Waals surface area contributed by atoms with Crippen LogP contribution in [0.15, 0.2) is 36.4 Å². The molecule has 4 rings (SSSR count). The number of rotatable bonds is 5. The van der Waals surface area contributed by atoms with E-state index in [4.69, 9.17) is 14.2 Å². The lowest BCUT2D eigenvalue weighted by Gasteiger charge is -2.35. The molecule has 2 aliphatic rings. The Morgan fingerprint density at radius 1 is 1.16 bits per heavy atom. The molecule has 1 fully saturated rings. The number of ether oxygens (including phenoxy) is 3. The molecule has 2 unspecified atom stereocenters. The summed E-state index contributed by atoms with van der Waals surface area (Å²) in [5.74, 6) is 0.752. The van der Waals surface area contributed by atoms with Gasteiger partial charge in [0.1, 0.15) is 0 Å². The Morgan fingerprint density at radius 3 is 2.62 bits per heavy atom. The highest BCUT2D eigenvalue weighted by molar-refractivity contribution is 6.34. The van der Waals surface area contributed by atoms with Crippen LogP contribution in [-0.2, 0) is 14.3 Å². The summed E-state index contributed by atoms with van der Waals surface area (Å²) in [6, 6.07) is 11.3. The Bertz CT molecular complexity index is 1070. The lowest BCUT2D eigenvalue weighted by Crippen LogP contribution is -2.49. The maximum Gasteiger partial charge on any atom is 0.260 e. The summed E-state index contributed by atoms with van der Waals surface area (Å²) >= 11 is 0. The predicted molar refractivity (Wildman–Crippen MR) is 123 cm³/mol.